The summed E-state index contributed by atoms with van der Waals surface area (Å²) in [6.45, 7) is 4.36. The molecule has 0 aliphatic carbocycles. The van der Waals surface area contributed by atoms with E-state index in [0.29, 0.717) is 6.54 Å². The number of aromatic nitrogens is 1. The second kappa shape index (κ2) is 8.27. The highest BCUT2D eigenvalue weighted by molar-refractivity contribution is 7.13. The van der Waals surface area contributed by atoms with Crippen molar-refractivity contribution in [2.75, 3.05) is 11.9 Å². The average Bonchev–Trinajstić information content (AvgIpc) is 3.04. The van der Waals surface area contributed by atoms with Crippen molar-refractivity contribution in [1.82, 2.24) is 4.98 Å². The SMILES string of the molecule is CCC(CC)(CN)C(=O)Nc1cccc(-c2nccs2)c1.Cl. The molecule has 2 aromatic rings. The van der Waals surface area contributed by atoms with E-state index in [2.05, 4.69) is 10.3 Å². The Morgan fingerprint density at radius 1 is 1.36 bits per heavy atom. The summed E-state index contributed by atoms with van der Waals surface area (Å²) in [5.74, 6) is -0.00807. The van der Waals surface area contributed by atoms with E-state index in [1.165, 1.54) is 0 Å². The maximum absolute atomic E-state index is 12.5. The molecule has 22 heavy (non-hydrogen) atoms. The fraction of sp³-hybridized carbons (Fsp3) is 0.375. The van der Waals surface area contributed by atoms with Crippen LogP contribution >= 0.6 is 23.7 Å². The largest absolute Gasteiger partial charge is 0.329 e. The van der Waals surface area contributed by atoms with Gasteiger partial charge in [0.25, 0.3) is 0 Å². The fourth-order valence-electron chi connectivity index (χ4n) is 2.31. The molecule has 4 nitrogen and oxygen atoms in total. The number of nitrogens with zero attached hydrogens (tertiary/aromatic N) is 1. The summed E-state index contributed by atoms with van der Waals surface area (Å²) in [7, 11) is 0. The molecule has 1 heterocycles. The van der Waals surface area contributed by atoms with E-state index in [0.717, 1.165) is 29.1 Å². The first-order chi connectivity index (χ1) is 10.1. The Hall–Kier alpha value is -1.43. The van der Waals surface area contributed by atoms with Crippen LogP contribution in [0.15, 0.2) is 35.8 Å². The molecule has 0 saturated heterocycles. The molecule has 1 amide bonds. The topological polar surface area (TPSA) is 68.0 Å². The minimum absolute atomic E-state index is 0. The standard InChI is InChI=1S/C16H21N3OS.ClH/c1-3-16(4-2,11-17)15(20)19-13-7-5-6-12(10-13)14-18-8-9-21-14;/h5-10H,3-4,11,17H2,1-2H3,(H,19,20);1H. The number of anilines is 1. The maximum Gasteiger partial charge on any atom is 0.231 e. The van der Waals surface area contributed by atoms with E-state index in [-0.39, 0.29) is 18.3 Å². The molecule has 3 N–H and O–H groups in total. The van der Waals surface area contributed by atoms with Crippen molar-refractivity contribution in [2.24, 2.45) is 11.1 Å². The van der Waals surface area contributed by atoms with Crippen LogP contribution in [0.1, 0.15) is 26.7 Å². The molecule has 0 radical (unpaired) electrons. The number of hydrogen-bond acceptors (Lipinski definition) is 4. The zero-order chi connectivity index (χ0) is 15.3. The minimum Gasteiger partial charge on any atom is -0.329 e. The zero-order valence-corrected chi connectivity index (χ0v) is 14.5. The lowest BCUT2D eigenvalue weighted by Gasteiger charge is -2.28. The first-order valence-corrected chi connectivity index (χ1v) is 8.04. The van der Waals surface area contributed by atoms with Crippen LogP contribution in [0.5, 0.6) is 0 Å². The molecule has 0 saturated carbocycles. The molecule has 0 unspecified atom stereocenters. The van der Waals surface area contributed by atoms with Gasteiger partial charge in [-0.05, 0) is 25.0 Å². The van der Waals surface area contributed by atoms with Crippen LogP contribution < -0.4 is 11.1 Å². The predicted octanol–water partition coefficient (Wildman–Crippen LogP) is 3.94. The molecule has 2 rings (SSSR count). The summed E-state index contributed by atoms with van der Waals surface area (Å²) in [5, 5.41) is 5.88. The molecule has 0 bridgehead atoms. The molecular weight excluding hydrogens is 318 g/mol. The van der Waals surface area contributed by atoms with Gasteiger partial charge in [-0.2, -0.15) is 0 Å². The van der Waals surface area contributed by atoms with Crippen molar-refractivity contribution < 1.29 is 4.79 Å². The van der Waals surface area contributed by atoms with Crippen LogP contribution in [0.2, 0.25) is 0 Å². The van der Waals surface area contributed by atoms with Crippen molar-refractivity contribution in [3.05, 3.63) is 35.8 Å². The minimum atomic E-state index is -0.489. The lowest BCUT2D eigenvalue weighted by molar-refractivity contribution is -0.125. The second-order valence-corrected chi connectivity index (χ2v) is 5.96. The summed E-state index contributed by atoms with van der Waals surface area (Å²) in [4.78, 5) is 16.8. The van der Waals surface area contributed by atoms with Gasteiger partial charge in [-0.15, -0.1) is 23.7 Å². The summed E-state index contributed by atoms with van der Waals surface area (Å²) >= 11 is 1.58. The van der Waals surface area contributed by atoms with Crippen molar-refractivity contribution in [3.63, 3.8) is 0 Å². The highest BCUT2D eigenvalue weighted by Crippen LogP contribution is 2.29. The number of carbonyl (C=O) groups is 1. The van der Waals surface area contributed by atoms with Crippen LogP contribution in [-0.4, -0.2) is 17.4 Å². The lowest BCUT2D eigenvalue weighted by atomic mass is 9.81. The van der Waals surface area contributed by atoms with E-state index in [1.54, 1.807) is 17.5 Å². The number of rotatable bonds is 6. The summed E-state index contributed by atoms with van der Waals surface area (Å²) in [6, 6.07) is 7.75. The average molecular weight is 340 g/mol. The van der Waals surface area contributed by atoms with E-state index in [1.807, 2.05) is 43.5 Å². The van der Waals surface area contributed by atoms with Gasteiger partial charge >= 0.3 is 0 Å². The van der Waals surface area contributed by atoms with Crippen molar-refractivity contribution in [3.8, 4) is 10.6 Å². The highest BCUT2D eigenvalue weighted by atomic mass is 35.5. The number of nitrogens with one attached hydrogen (secondary N) is 1. The number of thiazole rings is 1. The van der Waals surface area contributed by atoms with Gasteiger partial charge in [-0.1, -0.05) is 26.0 Å². The van der Waals surface area contributed by atoms with Gasteiger partial charge < -0.3 is 11.1 Å². The third-order valence-electron chi connectivity index (χ3n) is 4.03. The second-order valence-electron chi connectivity index (χ2n) is 5.06. The normalized spacial score (nSPS) is 10.9. The van der Waals surface area contributed by atoms with Gasteiger partial charge in [0.2, 0.25) is 5.91 Å². The Morgan fingerprint density at radius 2 is 2.09 bits per heavy atom. The molecule has 0 aliphatic rings. The third-order valence-corrected chi connectivity index (χ3v) is 4.85. The van der Waals surface area contributed by atoms with Gasteiger partial charge in [0.15, 0.2) is 0 Å². The maximum atomic E-state index is 12.5. The van der Waals surface area contributed by atoms with E-state index in [4.69, 9.17) is 5.73 Å². The summed E-state index contributed by atoms with van der Waals surface area (Å²) < 4.78 is 0. The first kappa shape index (κ1) is 18.6. The number of benzene rings is 1. The Balaban J connectivity index is 0.00000242. The van der Waals surface area contributed by atoms with Crippen molar-refractivity contribution in [1.29, 1.82) is 0 Å². The predicted molar refractivity (Wildman–Crippen MR) is 95.5 cm³/mol. The van der Waals surface area contributed by atoms with Crippen LogP contribution in [-0.2, 0) is 4.79 Å². The number of hydrogen-bond donors (Lipinski definition) is 2. The van der Waals surface area contributed by atoms with Crippen molar-refractivity contribution >= 4 is 35.3 Å². The molecule has 1 aromatic heterocycles. The Bertz CT molecular complexity index is 589. The number of carbonyl (C=O) groups excluding carboxylic acids is 1. The van der Waals surface area contributed by atoms with Gasteiger partial charge in [0.1, 0.15) is 5.01 Å². The lowest BCUT2D eigenvalue weighted by Crippen LogP contribution is -2.41. The number of halogens is 1. The number of amides is 1. The summed E-state index contributed by atoms with van der Waals surface area (Å²) in [5.41, 5.74) is 7.13. The molecule has 0 fully saturated rings. The first-order valence-electron chi connectivity index (χ1n) is 7.16. The quantitative estimate of drug-likeness (QED) is 0.837. The molecule has 0 aliphatic heterocycles. The van der Waals surface area contributed by atoms with Crippen LogP contribution in [0.3, 0.4) is 0 Å². The third kappa shape index (κ3) is 3.85. The van der Waals surface area contributed by atoms with E-state index < -0.39 is 5.41 Å². The molecular formula is C16H22ClN3OS. The smallest absolute Gasteiger partial charge is 0.231 e. The van der Waals surface area contributed by atoms with E-state index >= 15 is 0 Å². The van der Waals surface area contributed by atoms with Crippen LogP contribution in [0.25, 0.3) is 10.6 Å². The van der Waals surface area contributed by atoms with Gasteiger partial charge in [-0.25, -0.2) is 4.98 Å². The number of nitrogens with two attached hydrogens (primary N) is 1. The Labute approximate surface area is 141 Å². The Kier molecular flexibility index (Phi) is 7.00. The van der Waals surface area contributed by atoms with Gasteiger partial charge in [-0.3, -0.25) is 4.79 Å². The molecule has 0 atom stereocenters. The van der Waals surface area contributed by atoms with E-state index in [9.17, 15) is 4.79 Å². The molecule has 6 heteroatoms. The summed E-state index contributed by atoms with van der Waals surface area (Å²) in [6.07, 6.45) is 3.24. The van der Waals surface area contributed by atoms with Crippen LogP contribution in [0, 0.1) is 5.41 Å². The zero-order valence-electron chi connectivity index (χ0n) is 12.8. The molecule has 120 valence electrons. The van der Waals surface area contributed by atoms with Gasteiger partial charge in [0, 0.05) is 29.4 Å². The van der Waals surface area contributed by atoms with Gasteiger partial charge in [0.05, 0.1) is 5.41 Å². The highest BCUT2D eigenvalue weighted by Gasteiger charge is 2.33. The fourth-order valence-corrected chi connectivity index (χ4v) is 2.95. The monoisotopic (exact) mass is 339 g/mol. The van der Waals surface area contributed by atoms with Crippen LogP contribution in [0.4, 0.5) is 5.69 Å². The Morgan fingerprint density at radius 3 is 2.64 bits per heavy atom. The van der Waals surface area contributed by atoms with Crippen molar-refractivity contribution in [2.45, 2.75) is 26.7 Å². The molecule has 1 aromatic carbocycles. The molecule has 0 spiro atoms.